The van der Waals surface area contributed by atoms with Crippen molar-refractivity contribution in [1.29, 1.82) is 0 Å². The lowest BCUT2D eigenvalue weighted by Crippen LogP contribution is -2.40. The maximum atomic E-state index is 5.74. The second-order valence-electron chi connectivity index (χ2n) is 6.27. The summed E-state index contributed by atoms with van der Waals surface area (Å²) in [5.41, 5.74) is 1.32. The molecule has 1 aliphatic carbocycles. The van der Waals surface area contributed by atoms with Gasteiger partial charge in [0.2, 0.25) is 0 Å². The van der Waals surface area contributed by atoms with Crippen molar-refractivity contribution >= 4 is 29.9 Å². The number of rotatable bonds is 5. The zero-order valence-corrected chi connectivity index (χ0v) is 16.2. The van der Waals surface area contributed by atoms with Crippen LogP contribution in [0.3, 0.4) is 0 Å². The molecule has 23 heavy (non-hydrogen) atoms. The molecule has 1 aliphatic heterocycles. The lowest BCUT2D eigenvalue weighted by atomic mass is 9.86. The van der Waals surface area contributed by atoms with E-state index in [1.807, 2.05) is 6.07 Å². The van der Waals surface area contributed by atoms with Crippen LogP contribution in [-0.4, -0.2) is 32.2 Å². The molecule has 1 fully saturated rings. The third kappa shape index (κ3) is 4.99. The quantitative estimate of drug-likeness (QED) is 0.428. The van der Waals surface area contributed by atoms with E-state index in [4.69, 9.17) is 9.73 Å². The molecule has 5 heteroatoms. The van der Waals surface area contributed by atoms with Crippen LogP contribution in [0.5, 0.6) is 5.75 Å². The molecule has 1 saturated carbocycles. The lowest BCUT2D eigenvalue weighted by Gasteiger charge is -2.27. The molecule has 2 aliphatic rings. The zero-order valence-electron chi connectivity index (χ0n) is 13.9. The normalized spacial score (nSPS) is 20.6. The van der Waals surface area contributed by atoms with Crippen LogP contribution in [0, 0.1) is 5.92 Å². The predicted octanol–water partition coefficient (Wildman–Crippen LogP) is 3.53. The number of hydrogen-bond acceptors (Lipinski definition) is 2. The topological polar surface area (TPSA) is 45.7 Å². The van der Waals surface area contributed by atoms with Crippen LogP contribution in [0.15, 0.2) is 29.3 Å². The van der Waals surface area contributed by atoms with Crippen LogP contribution in [-0.2, 0) is 0 Å². The summed E-state index contributed by atoms with van der Waals surface area (Å²) in [7, 11) is 0. The molecule has 128 valence electrons. The van der Waals surface area contributed by atoms with Gasteiger partial charge in [-0.25, -0.2) is 0 Å². The van der Waals surface area contributed by atoms with Gasteiger partial charge in [0, 0.05) is 25.6 Å². The van der Waals surface area contributed by atoms with Crippen molar-refractivity contribution in [3.8, 4) is 5.75 Å². The molecular formula is C18H28IN3O. The summed E-state index contributed by atoms with van der Waals surface area (Å²) in [5.74, 6) is 3.30. The van der Waals surface area contributed by atoms with E-state index >= 15 is 0 Å². The minimum absolute atomic E-state index is 0. The van der Waals surface area contributed by atoms with Crippen molar-refractivity contribution < 1.29 is 4.74 Å². The Balaban J connectivity index is 0.00000192. The van der Waals surface area contributed by atoms with E-state index in [0.29, 0.717) is 5.92 Å². The Labute approximate surface area is 156 Å². The third-order valence-corrected chi connectivity index (χ3v) is 4.68. The smallest absolute Gasteiger partial charge is 0.191 e. The Morgan fingerprint density at radius 2 is 2.04 bits per heavy atom. The Morgan fingerprint density at radius 3 is 2.78 bits per heavy atom. The molecule has 1 aromatic carbocycles. The van der Waals surface area contributed by atoms with E-state index in [2.05, 4.69) is 35.8 Å². The van der Waals surface area contributed by atoms with Crippen molar-refractivity contribution in [3.63, 3.8) is 0 Å². The Hall–Kier alpha value is -0.980. The Kier molecular flexibility index (Phi) is 7.46. The van der Waals surface area contributed by atoms with Gasteiger partial charge in [0.1, 0.15) is 5.75 Å². The molecular weight excluding hydrogens is 401 g/mol. The molecule has 1 heterocycles. The first-order valence-electron chi connectivity index (χ1n) is 8.60. The fourth-order valence-electron chi connectivity index (χ4n) is 3.09. The molecule has 0 radical (unpaired) electrons. The van der Waals surface area contributed by atoms with Crippen LogP contribution in [0.2, 0.25) is 0 Å². The molecule has 0 amide bonds. The largest absolute Gasteiger partial charge is 0.493 e. The van der Waals surface area contributed by atoms with Gasteiger partial charge in [-0.05, 0) is 43.7 Å². The maximum absolute atomic E-state index is 5.74. The van der Waals surface area contributed by atoms with Crippen molar-refractivity contribution in [2.24, 2.45) is 10.9 Å². The number of fused-ring (bicyclic) bond motifs is 1. The number of aliphatic imine (C=N–C) groups is 1. The number of para-hydroxylation sites is 1. The van der Waals surface area contributed by atoms with Gasteiger partial charge in [0.15, 0.2) is 5.96 Å². The van der Waals surface area contributed by atoms with Crippen molar-refractivity contribution in [2.75, 3.05) is 26.2 Å². The third-order valence-electron chi connectivity index (χ3n) is 4.68. The van der Waals surface area contributed by atoms with Gasteiger partial charge in [0.25, 0.3) is 0 Å². The number of hydrogen-bond donors (Lipinski definition) is 2. The summed E-state index contributed by atoms with van der Waals surface area (Å²) >= 11 is 0. The summed E-state index contributed by atoms with van der Waals surface area (Å²) < 4.78 is 5.74. The van der Waals surface area contributed by atoms with Crippen LogP contribution in [0.4, 0.5) is 0 Å². The fraction of sp³-hybridized carbons (Fsp3) is 0.611. The molecule has 1 atom stereocenters. The van der Waals surface area contributed by atoms with E-state index < -0.39 is 0 Å². The number of halogens is 1. The molecule has 4 nitrogen and oxygen atoms in total. The van der Waals surface area contributed by atoms with E-state index in [1.54, 1.807) is 0 Å². The Bertz CT molecular complexity index is 517. The average molecular weight is 429 g/mol. The SMILES string of the molecule is CCNC(=NCC1CCC1)NCC1CCOc2ccccc21.I. The molecule has 0 saturated heterocycles. The zero-order chi connectivity index (χ0) is 15.2. The van der Waals surface area contributed by atoms with Crippen molar-refractivity contribution in [2.45, 2.75) is 38.5 Å². The van der Waals surface area contributed by atoms with Gasteiger partial charge < -0.3 is 15.4 Å². The number of nitrogens with one attached hydrogen (secondary N) is 2. The predicted molar refractivity (Wildman–Crippen MR) is 106 cm³/mol. The van der Waals surface area contributed by atoms with Crippen LogP contribution < -0.4 is 15.4 Å². The van der Waals surface area contributed by atoms with Crippen molar-refractivity contribution in [3.05, 3.63) is 29.8 Å². The van der Waals surface area contributed by atoms with Gasteiger partial charge in [0.05, 0.1) is 6.61 Å². The molecule has 1 unspecified atom stereocenters. The number of nitrogens with zero attached hydrogens (tertiary/aromatic N) is 1. The summed E-state index contributed by atoms with van der Waals surface area (Å²) in [4.78, 5) is 4.74. The molecule has 1 aromatic rings. The molecule has 0 spiro atoms. The summed E-state index contributed by atoms with van der Waals surface area (Å²) in [5, 5.41) is 6.88. The second kappa shape index (κ2) is 9.35. The highest BCUT2D eigenvalue weighted by Gasteiger charge is 2.21. The van der Waals surface area contributed by atoms with Crippen molar-refractivity contribution in [1.82, 2.24) is 10.6 Å². The van der Waals surface area contributed by atoms with E-state index in [9.17, 15) is 0 Å². The highest BCUT2D eigenvalue weighted by atomic mass is 127. The monoisotopic (exact) mass is 429 g/mol. The van der Waals surface area contributed by atoms with Gasteiger partial charge in [-0.2, -0.15) is 0 Å². The molecule has 0 aromatic heterocycles. The fourth-order valence-corrected chi connectivity index (χ4v) is 3.09. The summed E-state index contributed by atoms with van der Waals surface area (Å²) in [6.07, 6.45) is 5.13. The van der Waals surface area contributed by atoms with Crippen LogP contribution >= 0.6 is 24.0 Å². The standard InChI is InChI=1S/C18H27N3O.HI/c1-2-19-18(20-12-14-6-5-7-14)21-13-15-10-11-22-17-9-4-3-8-16(15)17;/h3-4,8-9,14-15H,2,5-7,10-13H2,1H3,(H2,19,20,21);1H. The van der Waals surface area contributed by atoms with E-state index in [1.165, 1.54) is 24.8 Å². The highest BCUT2D eigenvalue weighted by Crippen LogP contribution is 2.32. The number of ether oxygens (including phenoxy) is 1. The second-order valence-corrected chi connectivity index (χ2v) is 6.27. The summed E-state index contributed by atoms with van der Waals surface area (Å²) in [6.45, 7) is 5.70. The minimum Gasteiger partial charge on any atom is -0.493 e. The Morgan fingerprint density at radius 1 is 1.22 bits per heavy atom. The first kappa shape index (κ1) is 18.4. The van der Waals surface area contributed by atoms with E-state index in [0.717, 1.165) is 50.3 Å². The maximum Gasteiger partial charge on any atom is 0.191 e. The van der Waals surface area contributed by atoms with Gasteiger partial charge >= 0.3 is 0 Å². The van der Waals surface area contributed by atoms with Gasteiger partial charge in [-0.3, -0.25) is 4.99 Å². The van der Waals surface area contributed by atoms with Crippen LogP contribution in [0.25, 0.3) is 0 Å². The first-order valence-corrected chi connectivity index (χ1v) is 8.60. The average Bonchev–Trinajstić information content (AvgIpc) is 2.51. The molecule has 2 N–H and O–H groups in total. The molecule has 3 rings (SSSR count). The number of benzene rings is 1. The van der Waals surface area contributed by atoms with Gasteiger partial charge in [-0.1, -0.05) is 24.6 Å². The first-order chi connectivity index (χ1) is 10.9. The highest BCUT2D eigenvalue weighted by molar-refractivity contribution is 14.0. The minimum atomic E-state index is 0. The molecule has 0 bridgehead atoms. The van der Waals surface area contributed by atoms with Crippen LogP contribution in [0.1, 0.15) is 44.1 Å². The number of guanidine groups is 1. The summed E-state index contributed by atoms with van der Waals surface area (Å²) in [6, 6.07) is 8.38. The van der Waals surface area contributed by atoms with E-state index in [-0.39, 0.29) is 24.0 Å². The lowest BCUT2D eigenvalue weighted by molar-refractivity contribution is 0.267. The van der Waals surface area contributed by atoms with Gasteiger partial charge in [-0.15, -0.1) is 24.0 Å².